The number of ketones is 1. The number of aliphatic hydroxyl groups excluding tert-OH is 4. The van der Waals surface area contributed by atoms with Crippen LogP contribution < -0.4 is 0 Å². The SMILES string of the molecule is C[C@H](CCC(=O)O)C[C@H](C)C[C@H](C)C(=O)/C=C(\O)[C@H](C)C[C@H](C)C/C=C/[C@@H](C)[C@@H](O)[C@@H](C)[C@@H](O)C[C@@H]1C[C@H](C)C(C2CC[C@@](C)([C@@H](C)O)O2)O1. The van der Waals surface area contributed by atoms with E-state index in [-0.39, 0.29) is 83.6 Å². The van der Waals surface area contributed by atoms with Gasteiger partial charge in [0.2, 0.25) is 0 Å². The molecule has 15 atom stereocenters. The maximum Gasteiger partial charge on any atom is 0.303 e. The zero-order chi connectivity index (χ0) is 37.9. The van der Waals surface area contributed by atoms with Crippen molar-refractivity contribution in [3.05, 3.63) is 24.0 Å². The van der Waals surface area contributed by atoms with Crippen LogP contribution in [-0.4, -0.2) is 79.5 Å². The van der Waals surface area contributed by atoms with Crippen LogP contribution in [0.4, 0.5) is 0 Å². The number of carbonyl (C=O) groups excluding carboxylic acids is 1. The van der Waals surface area contributed by atoms with Crippen LogP contribution in [0, 0.1) is 47.3 Å². The smallest absolute Gasteiger partial charge is 0.303 e. The predicted molar refractivity (Wildman–Crippen MR) is 198 cm³/mol. The molecular formula is C41H72O9. The predicted octanol–water partition coefficient (Wildman–Crippen LogP) is 7.66. The fourth-order valence-electron chi connectivity index (χ4n) is 8.07. The van der Waals surface area contributed by atoms with Gasteiger partial charge in [-0.3, -0.25) is 9.59 Å². The number of allylic oxidation sites excluding steroid dienone is 3. The molecule has 2 aliphatic heterocycles. The highest BCUT2D eigenvalue weighted by atomic mass is 16.6. The number of rotatable bonds is 22. The van der Waals surface area contributed by atoms with Crippen LogP contribution >= 0.6 is 0 Å². The third-order valence-corrected chi connectivity index (χ3v) is 11.8. The van der Waals surface area contributed by atoms with Crippen molar-refractivity contribution in [2.75, 3.05) is 0 Å². The Bertz CT molecular complexity index is 1100. The quantitative estimate of drug-likeness (QED) is 0.0433. The summed E-state index contributed by atoms with van der Waals surface area (Å²) in [4.78, 5) is 23.7. The molecule has 2 unspecified atom stereocenters. The summed E-state index contributed by atoms with van der Waals surface area (Å²) in [5.74, 6) is -0.518. The topological polar surface area (TPSA) is 154 Å². The van der Waals surface area contributed by atoms with E-state index in [9.17, 15) is 30.0 Å². The summed E-state index contributed by atoms with van der Waals surface area (Å²) in [6, 6.07) is 0. The van der Waals surface area contributed by atoms with Crippen LogP contribution in [0.3, 0.4) is 0 Å². The lowest BCUT2D eigenvalue weighted by molar-refractivity contribution is -0.142. The van der Waals surface area contributed by atoms with Crippen LogP contribution in [0.1, 0.15) is 133 Å². The highest BCUT2D eigenvalue weighted by molar-refractivity contribution is 5.91. The summed E-state index contributed by atoms with van der Waals surface area (Å²) in [7, 11) is 0. The lowest BCUT2D eigenvalue weighted by Gasteiger charge is -2.31. The van der Waals surface area contributed by atoms with Crippen LogP contribution in [-0.2, 0) is 19.1 Å². The second-order valence-electron chi connectivity index (χ2n) is 17.0. The fourth-order valence-corrected chi connectivity index (χ4v) is 8.07. The summed E-state index contributed by atoms with van der Waals surface area (Å²) in [6.45, 7) is 19.8. The first-order valence-corrected chi connectivity index (χ1v) is 19.4. The van der Waals surface area contributed by atoms with E-state index in [1.807, 2.05) is 40.7 Å². The Morgan fingerprint density at radius 2 is 1.54 bits per heavy atom. The molecule has 50 heavy (non-hydrogen) atoms. The highest BCUT2D eigenvalue weighted by Crippen LogP contribution is 2.41. The van der Waals surface area contributed by atoms with Crippen molar-refractivity contribution in [3.63, 3.8) is 0 Å². The van der Waals surface area contributed by atoms with E-state index >= 15 is 0 Å². The van der Waals surface area contributed by atoms with Gasteiger partial charge < -0.3 is 35.0 Å². The van der Waals surface area contributed by atoms with Crippen molar-refractivity contribution in [2.24, 2.45) is 47.3 Å². The first kappa shape index (κ1) is 44.4. The molecule has 2 heterocycles. The van der Waals surface area contributed by atoms with Crippen molar-refractivity contribution >= 4 is 11.8 Å². The molecule has 9 heteroatoms. The van der Waals surface area contributed by atoms with Gasteiger partial charge in [0, 0.05) is 36.2 Å². The summed E-state index contributed by atoms with van der Waals surface area (Å²) in [5.41, 5.74) is -0.547. The van der Waals surface area contributed by atoms with Crippen LogP contribution in [0.5, 0.6) is 0 Å². The minimum atomic E-state index is -0.781. The zero-order valence-corrected chi connectivity index (χ0v) is 32.8. The van der Waals surface area contributed by atoms with E-state index in [0.717, 1.165) is 32.1 Å². The molecule has 0 bridgehead atoms. The summed E-state index contributed by atoms with van der Waals surface area (Å²) >= 11 is 0. The third kappa shape index (κ3) is 14.0. The first-order valence-electron chi connectivity index (χ1n) is 19.4. The molecule has 0 spiro atoms. The number of carbonyl (C=O) groups is 2. The van der Waals surface area contributed by atoms with E-state index in [1.165, 1.54) is 6.08 Å². The summed E-state index contributed by atoms with van der Waals surface area (Å²) < 4.78 is 12.6. The molecule has 0 amide bonds. The standard InChI is InChI=1S/C41H72O9/c1-24(19-28(5)34(43)23-35(44)29(6)20-26(3)18-25(2)14-15-38(46)47)12-11-13-27(4)39(48)31(8)36(45)22-33-21-30(7)40(49-33)37-16-17-41(10,50-37)32(9)42/h11,13,23-33,36-37,39-40,42-43,45,48H,12,14-22H2,1-10H3,(H,46,47)/b13-11+,34-23-/t24-,25-,26+,27-,28-,29+,30+,31+,32-,33+,36+,37?,39-,40?,41+/m1/s1. The second kappa shape index (κ2) is 20.5. The van der Waals surface area contributed by atoms with Gasteiger partial charge in [0.25, 0.3) is 0 Å². The van der Waals surface area contributed by atoms with E-state index in [4.69, 9.17) is 14.6 Å². The highest BCUT2D eigenvalue weighted by Gasteiger charge is 2.47. The maximum atomic E-state index is 12.8. The molecule has 0 aromatic rings. The number of hydrogen-bond donors (Lipinski definition) is 5. The number of aliphatic hydroxyl groups is 4. The number of aliphatic carboxylic acids is 1. The van der Waals surface area contributed by atoms with E-state index in [1.54, 1.807) is 6.92 Å². The third-order valence-electron chi connectivity index (χ3n) is 11.8. The molecular weight excluding hydrogens is 636 g/mol. The molecule has 2 fully saturated rings. The van der Waals surface area contributed by atoms with Crippen molar-refractivity contribution in [1.29, 1.82) is 0 Å². The van der Waals surface area contributed by atoms with Gasteiger partial charge in [-0.2, -0.15) is 0 Å². The minimum Gasteiger partial charge on any atom is -0.512 e. The van der Waals surface area contributed by atoms with Gasteiger partial charge in [-0.1, -0.05) is 67.5 Å². The van der Waals surface area contributed by atoms with Gasteiger partial charge >= 0.3 is 5.97 Å². The molecule has 0 radical (unpaired) electrons. The van der Waals surface area contributed by atoms with Crippen molar-refractivity contribution < 1.29 is 44.6 Å². The van der Waals surface area contributed by atoms with Crippen LogP contribution in [0.15, 0.2) is 24.0 Å². The largest absolute Gasteiger partial charge is 0.512 e. The van der Waals surface area contributed by atoms with Gasteiger partial charge in [0.05, 0.1) is 48.0 Å². The summed E-state index contributed by atoms with van der Waals surface area (Å²) in [5, 5.41) is 51.9. The monoisotopic (exact) mass is 709 g/mol. The Hall–Kier alpha value is -1.78. The van der Waals surface area contributed by atoms with Crippen LogP contribution in [0.25, 0.3) is 0 Å². The first-order chi connectivity index (χ1) is 23.2. The second-order valence-corrected chi connectivity index (χ2v) is 17.0. The Labute approximate surface area is 302 Å². The van der Waals surface area contributed by atoms with Crippen molar-refractivity contribution in [2.45, 2.75) is 176 Å². The molecule has 2 saturated heterocycles. The molecule has 9 nitrogen and oxygen atoms in total. The molecule has 0 aliphatic carbocycles. The lowest BCUT2D eigenvalue weighted by atomic mass is 9.85. The Balaban J connectivity index is 1.77. The Morgan fingerprint density at radius 1 is 0.900 bits per heavy atom. The molecule has 0 saturated carbocycles. The maximum absolute atomic E-state index is 12.8. The zero-order valence-electron chi connectivity index (χ0n) is 32.8. The molecule has 2 rings (SSSR count). The van der Waals surface area contributed by atoms with Gasteiger partial charge in [0.1, 0.15) is 0 Å². The molecule has 2 aliphatic rings. The minimum absolute atomic E-state index is 0.0605. The van der Waals surface area contributed by atoms with E-state index in [2.05, 4.69) is 33.8 Å². The molecule has 5 N–H and O–H groups in total. The number of carboxylic acid groups (broad SMARTS) is 1. The average Bonchev–Trinajstić information content (AvgIpc) is 3.61. The van der Waals surface area contributed by atoms with Gasteiger partial charge in [-0.05, 0) is 95.3 Å². The summed E-state index contributed by atoms with van der Waals surface area (Å²) in [6.07, 6.45) is 10.0. The molecule has 0 aromatic heterocycles. The van der Waals surface area contributed by atoms with Crippen molar-refractivity contribution in [1.82, 2.24) is 0 Å². The van der Waals surface area contributed by atoms with Crippen molar-refractivity contribution in [3.8, 4) is 0 Å². The normalized spacial score (nSPS) is 30.7. The number of hydrogen-bond acceptors (Lipinski definition) is 8. The average molecular weight is 709 g/mol. The van der Waals surface area contributed by atoms with Crippen LogP contribution in [0.2, 0.25) is 0 Å². The Morgan fingerprint density at radius 3 is 2.14 bits per heavy atom. The molecule has 0 aromatic carbocycles. The van der Waals surface area contributed by atoms with E-state index in [0.29, 0.717) is 25.7 Å². The van der Waals surface area contributed by atoms with Gasteiger partial charge in [-0.15, -0.1) is 0 Å². The lowest BCUT2D eigenvalue weighted by Crippen LogP contribution is -2.40. The fraction of sp³-hybridized carbons (Fsp3) is 0.854. The number of carboxylic acids is 1. The number of ether oxygens (including phenoxy) is 2. The van der Waals surface area contributed by atoms with Gasteiger partial charge in [0.15, 0.2) is 5.78 Å². The van der Waals surface area contributed by atoms with Gasteiger partial charge in [-0.25, -0.2) is 0 Å². The van der Waals surface area contributed by atoms with E-state index < -0.39 is 29.9 Å². The Kier molecular flexibility index (Phi) is 18.2. The molecule has 290 valence electrons.